The first-order valence-corrected chi connectivity index (χ1v) is 8.21. The van der Waals surface area contributed by atoms with Crippen LogP contribution in [0.5, 0.6) is 0 Å². The molecule has 128 valence electrons. The molecule has 0 unspecified atom stereocenters. The zero-order valence-electron chi connectivity index (χ0n) is 13.4. The molecule has 0 radical (unpaired) electrons. The summed E-state index contributed by atoms with van der Waals surface area (Å²) >= 11 is 5.83. The van der Waals surface area contributed by atoms with Crippen molar-refractivity contribution in [3.05, 3.63) is 58.9 Å². The van der Waals surface area contributed by atoms with Crippen LogP contribution in [0.1, 0.15) is 5.56 Å². The summed E-state index contributed by atoms with van der Waals surface area (Å²) in [7, 11) is 0. The molecule has 2 aromatic carbocycles. The highest BCUT2D eigenvalue weighted by atomic mass is 35.5. The van der Waals surface area contributed by atoms with Crippen LogP contribution in [0.4, 0.5) is 20.6 Å². The maximum absolute atomic E-state index is 13.3. The molecule has 3 rings (SSSR count). The van der Waals surface area contributed by atoms with Gasteiger partial charge in [0.15, 0.2) is 0 Å². The Morgan fingerprint density at radius 2 is 1.88 bits per heavy atom. The summed E-state index contributed by atoms with van der Waals surface area (Å²) in [6.45, 7) is 2.29. The Morgan fingerprint density at radius 3 is 2.56 bits per heavy atom. The number of benzene rings is 2. The van der Waals surface area contributed by atoms with Crippen LogP contribution in [0.15, 0.2) is 42.5 Å². The van der Waals surface area contributed by atoms with Crippen LogP contribution in [-0.4, -0.2) is 37.1 Å². The van der Waals surface area contributed by atoms with E-state index in [9.17, 15) is 9.18 Å². The molecule has 0 aromatic heterocycles. The first-order chi connectivity index (χ1) is 12.1. The number of carbonyl (C=O) groups excluding carboxylic acids is 1. The lowest BCUT2D eigenvalue weighted by atomic mass is 10.2. The second kappa shape index (κ2) is 7.41. The molecule has 2 aromatic rings. The zero-order valence-corrected chi connectivity index (χ0v) is 14.1. The Bertz CT molecular complexity index is 828. The number of hydrogen-bond acceptors (Lipinski definition) is 3. The van der Waals surface area contributed by atoms with E-state index >= 15 is 0 Å². The van der Waals surface area contributed by atoms with Crippen molar-refractivity contribution in [2.75, 3.05) is 36.4 Å². The molecule has 0 bridgehead atoms. The average Bonchev–Trinajstić information content (AvgIpc) is 2.64. The van der Waals surface area contributed by atoms with E-state index in [1.54, 1.807) is 41.3 Å². The third kappa shape index (κ3) is 3.83. The summed E-state index contributed by atoms with van der Waals surface area (Å²) in [6, 6.07) is 13.3. The van der Waals surface area contributed by atoms with Gasteiger partial charge in [-0.25, -0.2) is 9.18 Å². The number of para-hydroxylation sites is 1. The number of urea groups is 1. The Kier molecular flexibility index (Phi) is 5.05. The summed E-state index contributed by atoms with van der Waals surface area (Å²) in [5, 5.41) is 12.0. The van der Waals surface area contributed by atoms with E-state index in [0.29, 0.717) is 37.4 Å². The molecule has 1 aliphatic heterocycles. The number of rotatable bonds is 2. The van der Waals surface area contributed by atoms with Gasteiger partial charge in [0.25, 0.3) is 0 Å². The van der Waals surface area contributed by atoms with Crippen LogP contribution >= 0.6 is 11.6 Å². The monoisotopic (exact) mass is 358 g/mol. The van der Waals surface area contributed by atoms with Crippen molar-refractivity contribution in [2.24, 2.45) is 0 Å². The molecule has 1 fully saturated rings. The number of carbonyl (C=O) groups is 1. The van der Waals surface area contributed by atoms with Crippen molar-refractivity contribution >= 4 is 29.0 Å². The molecule has 0 spiro atoms. The maximum atomic E-state index is 13.3. The Morgan fingerprint density at radius 1 is 1.16 bits per heavy atom. The number of hydrogen-bond donors (Lipinski definition) is 1. The Labute approximate surface area is 150 Å². The summed E-state index contributed by atoms with van der Waals surface area (Å²) < 4.78 is 13.3. The number of piperazine rings is 1. The summed E-state index contributed by atoms with van der Waals surface area (Å²) in [5.74, 6) is -0.445. The van der Waals surface area contributed by atoms with E-state index in [0.717, 1.165) is 5.69 Å². The van der Waals surface area contributed by atoms with Crippen molar-refractivity contribution in [3.63, 3.8) is 0 Å². The topological polar surface area (TPSA) is 59.4 Å². The summed E-state index contributed by atoms with van der Waals surface area (Å²) in [4.78, 5) is 16.1. The van der Waals surface area contributed by atoms with Gasteiger partial charge < -0.3 is 15.1 Å². The molecule has 0 saturated carbocycles. The van der Waals surface area contributed by atoms with Crippen molar-refractivity contribution < 1.29 is 9.18 Å². The van der Waals surface area contributed by atoms with E-state index in [2.05, 4.69) is 16.3 Å². The van der Waals surface area contributed by atoms with Crippen LogP contribution in [0, 0.1) is 17.1 Å². The standard InChI is InChI=1S/C18H16ClFN4O/c19-15-11-14(5-6-16(15)20)23-7-9-24(10-8-23)18(25)22-17-4-2-1-3-13(17)12-21/h1-6,11H,7-10H2,(H,22,25). The van der Waals surface area contributed by atoms with Gasteiger partial charge in [0, 0.05) is 31.9 Å². The predicted octanol–water partition coefficient (Wildman–Crippen LogP) is 3.70. The fraction of sp³-hybridized carbons (Fsp3) is 0.222. The number of anilines is 2. The summed E-state index contributed by atoms with van der Waals surface area (Å²) in [5.41, 5.74) is 1.76. The van der Waals surface area contributed by atoms with Crippen LogP contribution in [0.3, 0.4) is 0 Å². The number of halogens is 2. The number of nitrogens with one attached hydrogen (secondary N) is 1. The molecular formula is C18H16ClFN4O. The molecule has 0 aliphatic carbocycles. The lowest BCUT2D eigenvalue weighted by molar-refractivity contribution is 0.208. The van der Waals surface area contributed by atoms with Gasteiger partial charge in [-0.2, -0.15) is 5.26 Å². The van der Waals surface area contributed by atoms with Gasteiger partial charge in [0.05, 0.1) is 16.3 Å². The quantitative estimate of drug-likeness (QED) is 0.890. The second-order valence-corrected chi connectivity index (χ2v) is 6.07. The minimum atomic E-state index is -0.445. The fourth-order valence-electron chi connectivity index (χ4n) is 2.73. The van der Waals surface area contributed by atoms with Crippen LogP contribution in [0.2, 0.25) is 5.02 Å². The van der Waals surface area contributed by atoms with E-state index in [1.807, 2.05) is 0 Å². The molecule has 7 heteroatoms. The van der Waals surface area contributed by atoms with E-state index in [-0.39, 0.29) is 11.1 Å². The van der Waals surface area contributed by atoms with Gasteiger partial charge in [-0.15, -0.1) is 0 Å². The van der Waals surface area contributed by atoms with Gasteiger partial charge in [0.1, 0.15) is 11.9 Å². The largest absolute Gasteiger partial charge is 0.368 e. The van der Waals surface area contributed by atoms with Gasteiger partial charge in [-0.3, -0.25) is 0 Å². The molecule has 2 amide bonds. The molecule has 1 N–H and O–H groups in total. The van der Waals surface area contributed by atoms with E-state index < -0.39 is 5.82 Å². The molecule has 25 heavy (non-hydrogen) atoms. The fourth-order valence-corrected chi connectivity index (χ4v) is 2.91. The van der Waals surface area contributed by atoms with Crippen LogP contribution < -0.4 is 10.2 Å². The Hall–Kier alpha value is -2.78. The van der Waals surface area contributed by atoms with Gasteiger partial charge in [0.2, 0.25) is 0 Å². The van der Waals surface area contributed by atoms with E-state index in [4.69, 9.17) is 16.9 Å². The van der Waals surface area contributed by atoms with Gasteiger partial charge in [-0.05, 0) is 30.3 Å². The number of nitrogens with zero attached hydrogens (tertiary/aromatic N) is 3. The first-order valence-electron chi connectivity index (χ1n) is 7.83. The highest BCUT2D eigenvalue weighted by Crippen LogP contribution is 2.24. The van der Waals surface area contributed by atoms with Crippen molar-refractivity contribution in [1.82, 2.24) is 4.90 Å². The lowest BCUT2D eigenvalue weighted by Crippen LogP contribution is -2.50. The van der Waals surface area contributed by atoms with Crippen LogP contribution in [0.25, 0.3) is 0 Å². The number of amides is 2. The smallest absolute Gasteiger partial charge is 0.322 e. The maximum Gasteiger partial charge on any atom is 0.322 e. The summed E-state index contributed by atoms with van der Waals surface area (Å²) in [6.07, 6.45) is 0. The normalized spacial score (nSPS) is 14.1. The van der Waals surface area contributed by atoms with Crippen molar-refractivity contribution in [1.29, 1.82) is 5.26 Å². The zero-order chi connectivity index (χ0) is 17.8. The SMILES string of the molecule is N#Cc1ccccc1NC(=O)N1CCN(c2ccc(F)c(Cl)c2)CC1. The molecule has 0 atom stereocenters. The molecule has 1 aliphatic rings. The first kappa shape index (κ1) is 17.1. The molecular weight excluding hydrogens is 343 g/mol. The van der Waals surface area contributed by atoms with Crippen LogP contribution in [-0.2, 0) is 0 Å². The third-order valence-corrected chi connectivity index (χ3v) is 4.41. The minimum Gasteiger partial charge on any atom is -0.368 e. The van der Waals surface area contributed by atoms with E-state index in [1.165, 1.54) is 6.07 Å². The highest BCUT2D eigenvalue weighted by Gasteiger charge is 2.22. The Balaban J connectivity index is 1.61. The lowest BCUT2D eigenvalue weighted by Gasteiger charge is -2.36. The third-order valence-electron chi connectivity index (χ3n) is 4.12. The number of nitriles is 1. The molecule has 1 saturated heterocycles. The van der Waals surface area contributed by atoms with Gasteiger partial charge in [-0.1, -0.05) is 23.7 Å². The predicted molar refractivity (Wildman–Crippen MR) is 95.4 cm³/mol. The van der Waals surface area contributed by atoms with Crippen molar-refractivity contribution in [2.45, 2.75) is 0 Å². The second-order valence-electron chi connectivity index (χ2n) is 5.66. The molecule has 5 nitrogen and oxygen atoms in total. The van der Waals surface area contributed by atoms with Crippen molar-refractivity contribution in [3.8, 4) is 6.07 Å². The minimum absolute atomic E-state index is 0.0887. The van der Waals surface area contributed by atoms with Gasteiger partial charge >= 0.3 is 6.03 Å². The highest BCUT2D eigenvalue weighted by molar-refractivity contribution is 6.31. The average molecular weight is 359 g/mol. The molecule has 1 heterocycles.